The lowest BCUT2D eigenvalue weighted by Crippen LogP contribution is -2.47. The molecule has 1 aliphatic rings. The summed E-state index contributed by atoms with van der Waals surface area (Å²) in [5, 5.41) is 9.41. The van der Waals surface area contributed by atoms with Crippen molar-refractivity contribution in [3.8, 4) is 0 Å². The number of hydrogen-bond acceptors (Lipinski definition) is 3. The van der Waals surface area contributed by atoms with Crippen LogP contribution >= 0.6 is 11.8 Å². The highest BCUT2D eigenvalue weighted by atomic mass is 32.2. The molecule has 0 spiro atoms. The summed E-state index contributed by atoms with van der Waals surface area (Å²) in [5.74, 6) is 0.560. The molecule has 4 heteroatoms. The largest absolute Gasteiger partial charge is 0.481 e. The van der Waals surface area contributed by atoms with Crippen molar-refractivity contribution in [1.82, 2.24) is 4.90 Å². The second-order valence-corrected chi connectivity index (χ2v) is 6.25. The van der Waals surface area contributed by atoms with Gasteiger partial charge in [0.15, 0.2) is 0 Å². The summed E-state index contributed by atoms with van der Waals surface area (Å²) in [7, 11) is 0. The molecule has 0 aromatic rings. The summed E-state index contributed by atoms with van der Waals surface area (Å²) in [5.41, 5.74) is 0. The predicted molar refractivity (Wildman–Crippen MR) is 69.0 cm³/mol. The molecule has 94 valence electrons. The Bertz CT molecular complexity index is 233. The van der Waals surface area contributed by atoms with E-state index in [0.29, 0.717) is 23.9 Å². The lowest BCUT2D eigenvalue weighted by atomic mass is 10.0. The fourth-order valence-electron chi connectivity index (χ4n) is 2.37. The number of thioether (sulfide) groups is 1. The van der Waals surface area contributed by atoms with Gasteiger partial charge in [-0.15, -0.1) is 0 Å². The van der Waals surface area contributed by atoms with Gasteiger partial charge < -0.3 is 5.11 Å². The van der Waals surface area contributed by atoms with E-state index in [0.717, 1.165) is 0 Å². The molecular formula is C12H23NO2S. The molecule has 1 aliphatic heterocycles. The number of rotatable bonds is 5. The van der Waals surface area contributed by atoms with E-state index in [1.807, 2.05) is 11.8 Å². The van der Waals surface area contributed by atoms with E-state index in [4.69, 9.17) is 5.11 Å². The van der Waals surface area contributed by atoms with Crippen LogP contribution in [0, 0.1) is 0 Å². The molecule has 1 saturated heterocycles. The van der Waals surface area contributed by atoms with Crippen LogP contribution in [0.1, 0.15) is 40.0 Å². The minimum Gasteiger partial charge on any atom is -0.481 e. The molecule has 1 rings (SSSR count). The average molecular weight is 245 g/mol. The van der Waals surface area contributed by atoms with Crippen molar-refractivity contribution >= 4 is 17.7 Å². The molecule has 0 aromatic carbocycles. The summed E-state index contributed by atoms with van der Waals surface area (Å²) in [4.78, 5) is 13.0. The Kier molecular flexibility index (Phi) is 5.62. The Hall–Kier alpha value is -0.220. The molecule has 1 heterocycles. The van der Waals surface area contributed by atoms with Crippen LogP contribution in [-0.4, -0.2) is 45.6 Å². The van der Waals surface area contributed by atoms with Gasteiger partial charge in [-0.2, -0.15) is 11.8 Å². The molecule has 0 radical (unpaired) electrons. The van der Waals surface area contributed by atoms with Crippen LogP contribution in [0.25, 0.3) is 0 Å². The summed E-state index contributed by atoms with van der Waals surface area (Å²) in [6.45, 7) is 7.27. The van der Waals surface area contributed by atoms with Gasteiger partial charge in [0.05, 0.1) is 6.42 Å². The number of carbonyl (C=O) groups is 1. The summed E-state index contributed by atoms with van der Waals surface area (Å²) in [6, 6.07) is 0.989. The Morgan fingerprint density at radius 3 is 2.75 bits per heavy atom. The quantitative estimate of drug-likeness (QED) is 0.808. The van der Waals surface area contributed by atoms with E-state index < -0.39 is 5.97 Å². The normalized spacial score (nSPS) is 26.3. The first-order valence-electron chi connectivity index (χ1n) is 6.11. The van der Waals surface area contributed by atoms with Crippen molar-refractivity contribution in [2.24, 2.45) is 0 Å². The Morgan fingerprint density at radius 1 is 1.56 bits per heavy atom. The monoisotopic (exact) mass is 245 g/mol. The van der Waals surface area contributed by atoms with Gasteiger partial charge in [0.25, 0.3) is 0 Å². The van der Waals surface area contributed by atoms with Crippen LogP contribution in [-0.2, 0) is 4.79 Å². The zero-order valence-corrected chi connectivity index (χ0v) is 11.3. The van der Waals surface area contributed by atoms with Crippen LogP contribution < -0.4 is 0 Å². The first-order valence-corrected chi connectivity index (χ1v) is 7.16. The molecule has 1 N–H and O–H groups in total. The Labute approximate surface area is 103 Å². The van der Waals surface area contributed by atoms with E-state index in [1.54, 1.807) is 0 Å². The molecule has 2 atom stereocenters. The molecule has 0 saturated carbocycles. The SMILES string of the molecule is CC1SCCCC1N(CCC(=O)O)C(C)C. The smallest absolute Gasteiger partial charge is 0.304 e. The zero-order valence-electron chi connectivity index (χ0n) is 10.5. The van der Waals surface area contributed by atoms with Crippen molar-refractivity contribution in [2.45, 2.75) is 57.4 Å². The maximum atomic E-state index is 10.7. The van der Waals surface area contributed by atoms with Crippen LogP contribution in [0.2, 0.25) is 0 Å². The van der Waals surface area contributed by atoms with Gasteiger partial charge in [-0.05, 0) is 32.4 Å². The van der Waals surface area contributed by atoms with E-state index in [9.17, 15) is 4.79 Å². The number of aliphatic carboxylic acids is 1. The molecule has 0 aliphatic carbocycles. The van der Waals surface area contributed by atoms with Gasteiger partial charge in [0.1, 0.15) is 0 Å². The molecule has 0 aromatic heterocycles. The standard InChI is InChI=1S/C12H23NO2S/c1-9(2)13(7-6-12(14)15)11-5-4-8-16-10(11)3/h9-11H,4-8H2,1-3H3,(H,14,15). The van der Waals surface area contributed by atoms with Gasteiger partial charge in [0.2, 0.25) is 0 Å². The minimum atomic E-state index is -0.693. The van der Waals surface area contributed by atoms with Crippen LogP contribution in [0.3, 0.4) is 0 Å². The van der Waals surface area contributed by atoms with Crippen LogP contribution in [0.15, 0.2) is 0 Å². The maximum absolute atomic E-state index is 10.7. The number of nitrogens with zero attached hydrogens (tertiary/aromatic N) is 1. The molecule has 2 unspecified atom stereocenters. The fraction of sp³-hybridized carbons (Fsp3) is 0.917. The van der Waals surface area contributed by atoms with Crippen molar-refractivity contribution < 1.29 is 9.90 Å². The fourth-order valence-corrected chi connectivity index (χ4v) is 3.59. The third-order valence-corrected chi connectivity index (χ3v) is 4.60. The first kappa shape index (κ1) is 13.8. The highest BCUT2D eigenvalue weighted by Gasteiger charge is 2.29. The second kappa shape index (κ2) is 6.50. The maximum Gasteiger partial charge on any atom is 0.304 e. The highest BCUT2D eigenvalue weighted by molar-refractivity contribution is 7.99. The zero-order chi connectivity index (χ0) is 12.1. The van der Waals surface area contributed by atoms with Crippen LogP contribution in [0.5, 0.6) is 0 Å². The molecule has 1 fully saturated rings. The van der Waals surface area contributed by atoms with Gasteiger partial charge in [-0.25, -0.2) is 0 Å². The van der Waals surface area contributed by atoms with E-state index in [2.05, 4.69) is 25.7 Å². The van der Waals surface area contributed by atoms with E-state index in [-0.39, 0.29) is 6.42 Å². The molecule has 0 amide bonds. The summed E-state index contributed by atoms with van der Waals surface area (Å²) < 4.78 is 0. The number of carboxylic acid groups (broad SMARTS) is 1. The van der Waals surface area contributed by atoms with Gasteiger partial charge in [0, 0.05) is 23.9 Å². The number of hydrogen-bond donors (Lipinski definition) is 1. The number of carboxylic acids is 1. The van der Waals surface area contributed by atoms with Crippen molar-refractivity contribution in [3.05, 3.63) is 0 Å². The average Bonchev–Trinajstić information content (AvgIpc) is 2.20. The Balaban J connectivity index is 2.56. The van der Waals surface area contributed by atoms with Gasteiger partial charge in [-0.3, -0.25) is 9.69 Å². The molecule has 3 nitrogen and oxygen atoms in total. The van der Waals surface area contributed by atoms with E-state index in [1.165, 1.54) is 18.6 Å². The lowest BCUT2D eigenvalue weighted by Gasteiger charge is -2.40. The first-order chi connectivity index (χ1) is 7.52. The third-order valence-electron chi connectivity index (χ3n) is 3.24. The predicted octanol–water partition coefficient (Wildman–Crippen LogP) is 2.46. The minimum absolute atomic E-state index is 0.256. The molecular weight excluding hydrogens is 222 g/mol. The summed E-state index contributed by atoms with van der Waals surface area (Å²) in [6.07, 6.45) is 2.73. The second-order valence-electron chi connectivity index (χ2n) is 4.76. The van der Waals surface area contributed by atoms with Gasteiger partial charge >= 0.3 is 5.97 Å². The van der Waals surface area contributed by atoms with Gasteiger partial charge in [-0.1, -0.05) is 6.92 Å². The third kappa shape index (κ3) is 3.98. The van der Waals surface area contributed by atoms with Crippen LogP contribution in [0.4, 0.5) is 0 Å². The van der Waals surface area contributed by atoms with Crippen molar-refractivity contribution in [3.63, 3.8) is 0 Å². The highest BCUT2D eigenvalue weighted by Crippen LogP contribution is 2.30. The molecule has 0 bridgehead atoms. The topological polar surface area (TPSA) is 40.5 Å². The van der Waals surface area contributed by atoms with Crippen molar-refractivity contribution in [2.75, 3.05) is 12.3 Å². The lowest BCUT2D eigenvalue weighted by molar-refractivity contribution is -0.137. The summed E-state index contributed by atoms with van der Waals surface area (Å²) >= 11 is 2.02. The molecule has 16 heavy (non-hydrogen) atoms. The van der Waals surface area contributed by atoms with E-state index >= 15 is 0 Å². The Morgan fingerprint density at radius 2 is 2.25 bits per heavy atom. The van der Waals surface area contributed by atoms with Crippen molar-refractivity contribution in [1.29, 1.82) is 0 Å².